The van der Waals surface area contributed by atoms with E-state index < -0.39 is 5.82 Å². The summed E-state index contributed by atoms with van der Waals surface area (Å²) in [5.41, 5.74) is 2.49. The molecule has 1 aliphatic rings. The first kappa shape index (κ1) is 18.7. The van der Waals surface area contributed by atoms with Gasteiger partial charge in [0.05, 0.1) is 22.8 Å². The molecule has 5 nitrogen and oxygen atoms in total. The third-order valence-electron chi connectivity index (χ3n) is 4.75. The zero-order valence-corrected chi connectivity index (χ0v) is 16.1. The number of ketones is 1. The lowest BCUT2D eigenvalue weighted by molar-refractivity contribution is -0.121. The van der Waals surface area contributed by atoms with Crippen LogP contribution in [-0.4, -0.2) is 49.0 Å². The summed E-state index contributed by atoms with van der Waals surface area (Å²) >= 11 is 6.04. The Bertz CT molecular complexity index is 1040. The summed E-state index contributed by atoms with van der Waals surface area (Å²) in [6.07, 6.45) is 1.75. The maximum atomic E-state index is 13.7. The number of nitrogens with zero attached hydrogens (tertiary/aromatic N) is 3. The van der Waals surface area contributed by atoms with Gasteiger partial charge in [0.25, 0.3) is 0 Å². The second-order valence-corrected chi connectivity index (χ2v) is 7.23. The summed E-state index contributed by atoms with van der Waals surface area (Å²) in [4.78, 5) is 20.6. The van der Waals surface area contributed by atoms with Gasteiger partial charge >= 0.3 is 0 Å². The maximum Gasteiger partial charge on any atom is 0.184 e. The first-order valence-corrected chi connectivity index (χ1v) is 9.33. The van der Waals surface area contributed by atoms with Gasteiger partial charge in [0.1, 0.15) is 18.2 Å². The summed E-state index contributed by atoms with van der Waals surface area (Å²) in [6.45, 7) is 1.55. The molecule has 0 fully saturated rings. The average Bonchev–Trinajstić information content (AvgIpc) is 2.68. The van der Waals surface area contributed by atoms with Gasteiger partial charge in [-0.25, -0.2) is 4.39 Å². The van der Waals surface area contributed by atoms with Crippen LogP contribution in [0.4, 0.5) is 15.8 Å². The topological polar surface area (TPSA) is 45.7 Å². The number of aromatic nitrogens is 1. The van der Waals surface area contributed by atoms with E-state index in [0.717, 1.165) is 22.3 Å². The van der Waals surface area contributed by atoms with Crippen LogP contribution in [0.15, 0.2) is 48.7 Å². The Labute approximate surface area is 167 Å². The molecule has 0 atom stereocenters. The Balaban J connectivity index is 1.88. The molecular formula is C21H19ClFN3O2. The fraction of sp³-hybridized carbons (Fsp3) is 0.238. The van der Waals surface area contributed by atoms with E-state index in [-0.39, 0.29) is 17.4 Å². The van der Waals surface area contributed by atoms with Crippen molar-refractivity contribution in [3.8, 4) is 5.75 Å². The predicted octanol–water partition coefficient (Wildman–Crippen LogP) is 4.06. The lowest BCUT2D eigenvalue weighted by Gasteiger charge is -2.29. The highest BCUT2D eigenvalue weighted by atomic mass is 35.5. The van der Waals surface area contributed by atoms with Gasteiger partial charge in [-0.15, -0.1) is 0 Å². The third-order valence-corrected chi connectivity index (χ3v) is 5.04. The van der Waals surface area contributed by atoms with E-state index in [1.54, 1.807) is 24.4 Å². The zero-order valence-electron chi connectivity index (χ0n) is 15.4. The quantitative estimate of drug-likeness (QED) is 0.617. The molecule has 0 N–H and O–H groups in total. The van der Waals surface area contributed by atoms with Crippen molar-refractivity contribution < 1.29 is 13.9 Å². The molecule has 0 saturated carbocycles. The van der Waals surface area contributed by atoms with E-state index in [9.17, 15) is 9.18 Å². The van der Waals surface area contributed by atoms with Crippen molar-refractivity contribution in [3.63, 3.8) is 0 Å². The van der Waals surface area contributed by atoms with E-state index in [1.807, 2.05) is 30.1 Å². The number of pyridine rings is 1. The summed E-state index contributed by atoms with van der Waals surface area (Å²) in [6, 6.07) is 12.1. The molecule has 0 aliphatic carbocycles. The molecule has 2 bridgehead atoms. The number of likely N-dealkylation sites (N-methyl/N-ethyl adjacent to an activating group) is 1. The second-order valence-electron chi connectivity index (χ2n) is 6.82. The smallest absolute Gasteiger partial charge is 0.184 e. The number of Topliss-reactive ketones (excluding diaryl/α,β-unsaturated/α-hetero) is 1. The molecule has 1 aliphatic heterocycles. The molecule has 2 aromatic carbocycles. The zero-order chi connectivity index (χ0) is 19.7. The van der Waals surface area contributed by atoms with Crippen LogP contribution < -0.4 is 9.64 Å². The number of halogens is 2. The molecule has 7 heteroatoms. The monoisotopic (exact) mass is 399 g/mol. The van der Waals surface area contributed by atoms with E-state index in [2.05, 4.69) is 9.88 Å². The fourth-order valence-electron chi connectivity index (χ4n) is 3.34. The van der Waals surface area contributed by atoms with Crippen molar-refractivity contribution in [2.75, 3.05) is 38.2 Å². The van der Waals surface area contributed by atoms with E-state index in [4.69, 9.17) is 16.3 Å². The highest BCUT2D eigenvalue weighted by molar-refractivity contribution is 6.31. The average molecular weight is 400 g/mol. The van der Waals surface area contributed by atoms with Gasteiger partial charge in [-0.2, -0.15) is 0 Å². The van der Waals surface area contributed by atoms with Crippen molar-refractivity contribution in [2.45, 2.75) is 0 Å². The lowest BCUT2D eigenvalue weighted by Crippen LogP contribution is -2.35. The van der Waals surface area contributed by atoms with Crippen LogP contribution in [0.25, 0.3) is 10.9 Å². The molecule has 28 heavy (non-hydrogen) atoms. The van der Waals surface area contributed by atoms with Gasteiger partial charge in [-0.1, -0.05) is 11.6 Å². The van der Waals surface area contributed by atoms with Crippen LogP contribution in [0.1, 0.15) is 0 Å². The molecule has 2 heterocycles. The highest BCUT2D eigenvalue weighted by Gasteiger charge is 2.18. The van der Waals surface area contributed by atoms with Crippen molar-refractivity contribution in [2.24, 2.45) is 0 Å². The SMILES string of the molecule is CN1CCN(c2ccc(F)c(Cl)c2)c2ccnc3ccc(cc23)OCC(=O)C1. The Hall–Kier alpha value is -2.70. The highest BCUT2D eigenvalue weighted by Crippen LogP contribution is 2.35. The Morgan fingerprint density at radius 3 is 2.82 bits per heavy atom. The summed E-state index contributed by atoms with van der Waals surface area (Å²) in [7, 11) is 1.89. The van der Waals surface area contributed by atoms with Gasteiger partial charge in [-0.3, -0.25) is 14.7 Å². The standard InChI is InChI=1S/C21H19ClFN3O2/c1-25-8-9-26(14-2-4-19(23)18(22)10-14)21-6-7-24-20-5-3-16(11-17(20)21)28-13-15(27)12-25/h2-7,10-11H,8-9,12-13H2,1H3. The minimum atomic E-state index is -0.460. The summed E-state index contributed by atoms with van der Waals surface area (Å²) < 4.78 is 19.4. The van der Waals surface area contributed by atoms with Crippen LogP contribution in [-0.2, 0) is 4.79 Å². The van der Waals surface area contributed by atoms with E-state index in [0.29, 0.717) is 25.4 Å². The molecular weight excluding hydrogens is 381 g/mol. The maximum absolute atomic E-state index is 13.7. The number of anilines is 2. The third kappa shape index (κ3) is 3.79. The molecule has 4 rings (SSSR count). The number of fused-ring (bicyclic) bond motifs is 1. The van der Waals surface area contributed by atoms with Gasteiger partial charge < -0.3 is 9.64 Å². The number of hydrogen-bond acceptors (Lipinski definition) is 5. The van der Waals surface area contributed by atoms with Crippen molar-refractivity contribution in [1.29, 1.82) is 0 Å². The van der Waals surface area contributed by atoms with Gasteiger partial charge in [0, 0.05) is 30.4 Å². The van der Waals surface area contributed by atoms with E-state index >= 15 is 0 Å². The molecule has 0 unspecified atom stereocenters. The molecule has 3 aromatic rings. The van der Waals surface area contributed by atoms with Gasteiger partial charge in [-0.05, 0) is 49.5 Å². The Kier molecular flexibility index (Phi) is 5.15. The molecule has 0 radical (unpaired) electrons. The summed E-state index contributed by atoms with van der Waals surface area (Å²) in [5.74, 6) is 0.152. The molecule has 0 spiro atoms. The van der Waals surface area contributed by atoms with Crippen molar-refractivity contribution in [3.05, 3.63) is 59.5 Å². The molecule has 0 amide bonds. The number of hydrogen-bond donors (Lipinski definition) is 0. The molecule has 144 valence electrons. The normalized spacial score (nSPS) is 16.0. The number of ether oxygens (including phenoxy) is 1. The van der Waals surface area contributed by atoms with Gasteiger partial charge in [0.15, 0.2) is 5.78 Å². The molecule has 0 saturated heterocycles. The fourth-order valence-corrected chi connectivity index (χ4v) is 3.51. The van der Waals surface area contributed by atoms with Crippen LogP contribution in [0, 0.1) is 5.82 Å². The number of rotatable bonds is 1. The predicted molar refractivity (Wildman–Crippen MR) is 108 cm³/mol. The van der Waals surface area contributed by atoms with Gasteiger partial charge in [0.2, 0.25) is 0 Å². The minimum Gasteiger partial charge on any atom is -0.486 e. The van der Waals surface area contributed by atoms with Crippen LogP contribution >= 0.6 is 11.6 Å². The number of carbonyl (C=O) groups excluding carboxylic acids is 1. The van der Waals surface area contributed by atoms with Crippen LogP contribution in [0.5, 0.6) is 5.75 Å². The number of benzene rings is 2. The van der Waals surface area contributed by atoms with Crippen LogP contribution in [0.2, 0.25) is 5.02 Å². The van der Waals surface area contributed by atoms with E-state index in [1.165, 1.54) is 6.07 Å². The Morgan fingerprint density at radius 1 is 1.14 bits per heavy atom. The summed E-state index contributed by atoms with van der Waals surface area (Å²) in [5, 5.41) is 0.950. The minimum absolute atomic E-state index is 0.00552. The first-order chi connectivity index (χ1) is 13.5. The van der Waals surface area contributed by atoms with Crippen molar-refractivity contribution >= 4 is 39.7 Å². The lowest BCUT2D eigenvalue weighted by atomic mass is 10.1. The molecule has 1 aromatic heterocycles. The largest absolute Gasteiger partial charge is 0.486 e. The van der Waals surface area contributed by atoms with Crippen LogP contribution in [0.3, 0.4) is 0 Å². The first-order valence-electron chi connectivity index (χ1n) is 8.95. The Morgan fingerprint density at radius 2 is 2.00 bits per heavy atom. The number of carbonyl (C=O) groups is 1. The van der Waals surface area contributed by atoms with Crippen molar-refractivity contribution in [1.82, 2.24) is 9.88 Å². The second kappa shape index (κ2) is 7.73.